The number of carbonyl (C=O) groups excluding carboxylic acids is 2. The van der Waals surface area contributed by atoms with Crippen molar-refractivity contribution in [2.24, 2.45) is 5.92 Å². The van der Waals surface area contributed by atoms with E-state index in [4.69, 9.17) is 9.47 Å². The molecule has 0 aromatic carbocycles. The molecular formula is C44H74O6. The number of aliphatic hydroxyl groups is 2. The van der Waals surface area contributed by atoms with Crippen molar-refractivity contribution in [2.75, 3.05) is 13.2 Å². The van der Waals surface area contributed by atoms with Crippen LogP contribution in [0.2, 0.25) is 0 Å². The molecule has 0 spiro atoms. The molecule has 0 bridgehead atoms. The molecule has 0 aliphatic carbocycles. The van der Waals surface area contributed by atoms with Crippen molar-refractivity contribution in [3.8, 4) is 0 Å². The van der Waals surface area contributed by atoms with Crippen molar-refractivity contribution in [1.82, 2.24) is 0 Å². The van der Waals surface area contributed by atoms with Crippen LogP contribution in [-0.4, -0.2) is 47.6 Å². The van der Waals surface area contributed by atoms with E-state index in [2.05, 4.69) is 69.4 Å². The second-order valence-corrected chi connectivity index (χ2v) is 13.7. The summed E-state index contributed by atoms with van der Waals surface area (Å²) >= 11 is 0. The van der Waals surface area contributed by atoms with Crippen molar-refractivity contribution in [2.45, 2.75) is 174 Å². The maximum atomic E-state index is 12.2. The number of hydrogen-bond donors (Lipinski definition) is 2. The van der Waals surface area contributed by atoms with Gasteiger partial charge in [-0.05, 0) is 50.9 Å². The molecule has 0 aromatic heterocycles. The fourth-order valence-electron chi connectivity index (χ4n) is 5.26. The standard InChI is InChI=1S/C44H74O6/c1-4-5-6-7-8-9-10-11-12-13-16-19-22-25-28-31-34-41(46)36-37-44(48)50-42(38-45)39-49-43(47)35-32-29-26-23-20-17-14-15-18-21-24-27-30-33-40(2)3/h5-6,8-9,11-12,16,19,25,28,31,34,40-42,45-46H,4,7,10,13-15,17-18,20-24,26-27,29-30,32-33,35-39H2,1-3H3/b6-5-,9-8-,12-11-,19-16-,28-25-,34-31-/t41?,42-/m0/s1. The summed E-state index contributed by atoms with van der Waals surface area (Å²) in [6.07, 6.45) is 45.8. The van der Waals surface area contributed by atoms with Gasteiger partial charge < -0.3 is 19.7 Å². The Balaban J connectivity index is 3.81. The zero-order valence-electron chi connectivity index (χ0n) is 32.2. The van der Waals surface area contributed by atoms with Gasteiger partial charge in [-0.25, -0.2) is 0 Å². The second-order valence-electron chi connectivity index (χ2n) is 13.7. The molecule has 50 heavy (non-hydrogen) atoms. The molecule has 6 nitrogen and oxygen atoms in total. The molecule has 0 rings (SSSR count). The Labute approximate surface area is 306 Å². The maximum Gasteiger partial charge on any atom is 0.306 e. The first kappa shape index (κ1) is 47.3. The Morgan fingerprint density at radius 3 is 1.56 bits per heavy atom. The molecule has 0 heterocycles. The minimum Gasteiger partial charge on any atom is -0.462 e. The SMILES string of the molecule is CC/C=C\C/C=C\C/C=C\C/C=C\C/C=C\C=C/C(O)CCC(=O)O[C@@H](CO)COC(=O)CCCCCCCCCCCCCCCC(C)C. The number of esters is 2. The first-order valence-corrected chi connectivity index (χ1v) is 20.0. The fourth-order valence-corrected chi connectivity index (χ4v) is 5.26. The zero-order valence-corrected chi connectivity index (χ0v) is 32.2. The summed E-state index contributed by atoms with van der Waals surface area (Å²) in [6.45, 7) is 6.16. The second kappa shape index (κ2) is 37.6. The Morgan fingerprint density at radius 1 is 0.580 bits per heavy atom. The summed E-state index contributed by atoms with van der Waals surface area (Å²) in [5, 5.41) is 19.7. The van der Waals surface area contributed by atoms with Gasteiger partial charge in [-0.2, -0.15) is 0 Å². The van der Waals surface area contributed by atoms with Crippen LogP contribution in [-0.2, 0) is 19.1 Å². The summed E-state index contributed by atoms with van der Waals surface area (Å²) in [5.74, 6) is -0.0419. The quantitative estimate of drug-likeness (QED) is 0.0301. The molecule has 1 unspecified atom stereocenters. The molecule has 0 aliphatic heterocycles. The summed E-state index contributed by atoms with van der Waals surface area (Å²) in [4.78, 5) is 24.3. The number of allylic oxidation sites excluding steroid dienone is 11. The number of hydrogen-bond acceptors (Lipinski definition) is 6. The number of unbranched alkanes of at least 4 members (excludes halogenated alkanes) is 12. The van der Waals surface area contributed by atoms with Crippen LogP contribution in [0.3, 0.4) is 0 Å². The van der Waals surface area contributed by atoms with Crippen molar-refractivity contribution in [1.29, 1.82) is 0 Å². The van der Waals surface area contributed by atoms with E-state index < -0.39 is 24.8 Å². The van der Waals surface area contributed by atoms with Crippen molar-refractivity contribution in [3.63, 3.8) is 0 Å². The first-order chi connectivity index (χ1) is 24.4. The van der Waals surface area contributed by atoms with Gasteiger partial charge in [-0.3, -0.25) is 9.59 Å². The van der Waals surface area contributed by atoms with Crippen LogP contribution < -0.4 is 0 Å². The van der Waals surface area contributed by atoms with E-state index in [9.17, 15) is 19.8 Å². The monoisotopic (exact) mass is 699 g/mol. The lowest BCUT2D eigenvalue weighted by molar-refractivity contribution is -0.161. The Hall–Kier alpha value is -2.70. The van der Waals surface area contributed by atoms with Crippen molar-refractivity contribution < 1.29 is 29.3 Å². The molecule has 2 atom stereocenters. The van der Waals surface area contributed by atoms with E-state index in [1.54, 1.807) is 12.2 Å². The van der Waals surface area contributed by atoms with E-state index >= 15 is 0 Å². The highest BCUT2D eigenvalue weighted by atomic mass is 16.6. The Morgan fingerprint density at radius 2 is 1.06 bits per heavy atom. The summed E-state index contributed by atoms with van der Waals surface area (Å²) in [7, 11) is 0. The van der Waals surface area contributed by atoms with Crippen LogP contribution in [0, 0.1) is 5.92 Å². The van der Waals surface area contributed by atoms with Crippen molar-refractivity contribution >= 4 is 11.9 Å². The van der Waals surface area contributed by atoms with E-state index in [1.165, 1.54) is 70.6 Å². The molecule has 6 heteroatoms. The number of ether oxygens (including phenoxy) is 2. The summed E-state index contributed by atoms with van der Waals surface area (Å²) in [6, 6.07) is 0. The average Bonchev–Trinajstić information content (AvgIpc) is 3.10. The highest BCUT2D eigenvalue weighted by molar-refractivity contribution is 5.70. The highest BCUT2D eigenvalue weighted by Crippen LogP contribution is 2.15. The van der Waals surface area contributed by atoms with Gasteiger partial charge in [0.25, 0.3) is 0 Å². The molecule has 286 valence electrons. The normalized spacial score (nSPS) is 13.7. The van der Waals surface area contributed by atoms with E-state index in [1.807, 2.05) is 12.2 Å². The average molecular weight is 699 g/mol. The van der Waals surface area contributed by atoms with Gasteiger partial charge in [0.2, 0.25) is 0 Å². The summed E-state index contributed by atoms with van der Waals surface area (Å²) < 4.78 is 10.5. The molecule has 0 amide bonds. The van der Waals surface area contributed by atoms with E-state index in [0.717, 1.165) is 57.3 Å². The fraction of sp³-hybridized carbons (Fsp3) is 0.682. The molecule has 2 N–H and O–H groups in total. The van der Waals surface area contributed by atoms with Gasteiger partial charge in [0.1, 0.15) is 6.61 Å². The van der Waals surface area contributed by atoms with Crippen LogP contribution in [0.5, 0.6) is 0 Å². The van der Waals surface area contributed by atoms with Gasteiger partial charge in [0.05, 0.1) is 12.7 Å². The van der Waals surface area contributed by atoms with Crippen LogP contribution in [0.25, 0.3) is 0 Å². The molecule has 0 aromatic rings. The molecule has 0 aliphatic rings. The van der Waals surface area contributed by atoms with E-state index in [-0.39, 0.29) is 25.4 Å². The van der Waals surface area contributed by atoms with Crippen molar-refractivity contribution in [3.05, 3.63) is 72.9 Å². The smallest absolute Gasteiger partial charge is 0.306 e. The highest BCUT2D eigenvalue weighted by Gasteiger charge is 2.17. The summed E-state index contributed by atoms with van der Waals surface area (Å²) in [5.41, 5.74) is 0. The Bertz CT molecular complexity index is 958. The topological polar surface area (TPSA) is 93.1 Å². The van der Waals surface area contributed by atoms with Crippen LogP contribution in [0.15, 0.2) is 72.9 Å². The van der Waals surface area contributed by atoms with Gasteiger partial charge in [0.15, 0.2) is 6.10 Å². The Kier molecular flexibility index (Phi) is 35.5. The zero-order chi connectivity index (χ0) is 36.8. The minimum absolute atomic E-state index is 0.000186. The molecule has 0 fully saturated rings. The third-order valence-corrected chi connectivity index (χ3v) is 8.31. The molecule has 0 saturated carbocycles. The van der Waals surface area contributed by atoms with Gasteiger partial charge in [-0.15, -0.1) is 0 Å². The van der Waals surface area contributed by atoms with Crippen LogP contribution in [0.4, 0.5) is 0 Å². The lowest BCUT2D eigenvalue weighted by Gasteiger charge is -2.16. The predicted molar refractivity (Wildman–Crippen MR) is 211 cm³/mol. The molecule has 0 saturated heterocycles. The van der Waals surface area contributed by atoms with Gasteiger partial charge in [-0.1, -0.05) is 177 Å². The molecule has 0 radical (unpaired) electrons. The number of carbonyl (C=O) groups is 2. The lowest BCUT2D eigenvalue weighted by atomic mass is 10.0. The maximum absolute atomic E-state index is 12.2. The number of rotatable bonds is 34. The first-order valence-electron chi connectivity index (χ1n) is 20.0. The lowest BCUT2D eigenvalue weighted by Crippen LogP contribution is -2.28. The third-order valence-electron chi connectivity index (χ3n) is 8.31. The number of aliphatic hydroxyl groups excluding tert-OH is 2. The van der Waals surface area contributed by atoms with Gasteiger partial charge >= 0.3 is 11.9 Å². The third kappa shape index (κ3) is 36.6. The van der Waals surface area contributed by atoms with Crippen LogP contribution >= 0.6 is 0 Å². The predicted octanol–water partition coefficient (Wildman–Crippen LogP) is 11.4. The minimum atomic E-state index is -0.898. The largest absolute Gasteiger partial charge is 0.462 e. The van der Waals surface area contributed by atoms with Gasteiger partial charge in [0, 0.05) is 12.8 Å². The molecular weight excluding hydrogens is 624 g/mol. The van der Waals surface area contributed by atoms with E-state index in [0.29, 0.717) is 6.42 Å². The van der Waals surface area contributed by atoms with Crippen LogP contribution in [0.1, 0.15) is 162 Å².